The van der Waals surface area contributed by atoms with Crippen molar-refractivity contribution in [1.29, 1.82) is 0 Å². The maximum absolute atomic E-state index is 13.2. The summed E-state index contributed by atoms with van der Waals surface area (Å²) in [6.07, 6.45) is 0. The van der Waals surface area contributed by atoms with Gasteiger partial charge in [0.05, 0.1) is 0 Å². The number of rotatable bonds is 4. The number of nitrogens with zero attached hydrogens (tertiary/aromatic N) is 2. The molecule has 2 aromatic carbocycles. The number of H-pyrrole nitrogens is 1. The van der Waals surface area contributed by atoms with E-state index in [0.29, 0.717) is 17.7 Å². The fraction of sp³-hybridized carbons (Fsp3) is 0.318. The molecule has 1 fully saturated rings. The van der Waals surface area contributed by atoms with Gasteiger partial charge in [0.2, 0.25) is 0 Å². The molecular weight excluding hydrogens is 338 g/mol. The summed E-state index contributed by atoms with van der Waals surface area (Å²) in [7, 11) is 2.14. The highest BCUT2D eigenvalue weighted by Crippen LogP contribution is 2.24. The van der Waals surface area contributed by atoms with Crippen LogP contribution in [0.5, 0.6) is 11.5 Å². The monoisotopic (exact) mass is 363 g/mol. The highest BCUT2D eigenvalue weighted by molar-refractivity contribution is 5.81. The molecule has 0 spiro atoms. The average molecular weight is 363 g/mol. The van der Waals surface area contributed by atoms with Crippen LogP contribution in [0.15, 0.2) is 53.3 Å². The van der Waals surface area contributed by atoms with Crippen molar-refractivity contribution in [3.63, 3.8) is 0 Å². The van der Waals surface area contributed by atoms with Gasteiger partial charge in [0.25, 0.3) is 0 Å². The number of hydrogen-bond acceptors (Lipinski definition) is 4. The third-order valence-electron chi connectivity index (χ3n) is 5.24. The Morgan fingerprint density at radius 1 is 1.00 bits per heavy atom. The molecule has 1 aliphatic heterocycles. The number of piperazine rings is 1. The van der Waals surface area contributed by atoms with Crippen molar-refractivity contribution in [3.05, 3.63) is 70.0 Å². The van der Waals surface area contributed by atoms with Crippen LogP contribution in [0, 0.1) is 6.92 Å². The number of aryl methyl sites for hydroxylation is 1. The lowest BCUT2D eigenvalue weighted by molar-refractivity contribution is 0.147. The van der Waals surface area contributed by atoms with Crippen molar-refractivity contribution in [3.8, 4) is 11.5 Å². The summed E-state index contributed by atoms with van der Waals surface area (Å²) in [6, 6.07) is 15.3. The third-order valence-corrected chi connectivity index (χ3v) is 5.24. The van der Waals surface area contributed by atoms with E-state index in [0.717, 1.165) is 48.7 Å². The topological polar surface area (TPSA) is 48.6 Å². The standard InChI is InChI=1S/C22H25N3O2/c1-16-20(15-25-12-10-24(2)11-13-25)22(26)19-14-18(8-9-21(19)23-16)27-17-6-4-3-5-7-17/h3-9,14H,10-13,15H2,1-2H3,(H,23,26). The lowest BCUT2D eigenvalue weighted by Gasteiger charge is -2.32. The van der Waals surface area contributed by atoms with Gasteiger partial charge in [-0.15, -0.1) is 0 Å². The van der Waals surface area contributed by atoms with E-state index in [9.17, 15) is 4.79 Å². The normalized spacial score (nSPS) is 15.9. The first-order chi connectivity index (χ1) is 13.1. The van der Waals surface area contributed by atoms with E-state index in [4.69, 9.17) is 4.74 Å². The number of para-hydroxylation sites is 1. The predicted octanol–water partition coefficient (Wildman–Crippen LogP) is 3.38. The maximum atomic E-state index is 13.2. The first-order valence-electron chi connectivity index (χ1n) is 9.39. The SMILES string of the molecule is Cc1[nH]c2ccc(Oc3ccccc3)cc2c(=O)c1CN1CCN(C)CC1. The van der Waals surface area contributed by atoms with Gasteiger partial charge in [-0.1, -0.05) is 18.2 Å². The molecule has 1 N–H and O–H groups in total. The van der Waals surface area contributed by atoms with E-state index in [1.54, 1.807) is 0 Å². The molecule has 27 heavy (non-hydrogen) atoms. The molecule has 2 heterocycles. The zero-order chi connectivity index (χ0) is 18.8. The van der Waals surface area contributed by atoms with E-state index in [1.807, 2.05) is 55.5 Å². The van der Waals surface area contributed by atoms with Crippen molar-refractivity contribution in [2.24, 2.45) is 0 Å². The van der Waals surface area contributed by atoms with Gasteiger partial charge in [-0.25, -0.2) is 0 Å². The van der Waals surface area contributed by atoms with Crippen molar-refractivity contribution in [2.45, 2.75) is 13.5 Å². The largest absolute Gasteiger partial charge is 0.457 e. The summed E-state index contributed by atoms with van der Waals surface area (Å²) in [6.45, 7) is 6.74. The van der Waals surface area contributed by atoms with Gasteiger partial charge in [-0.3, -0.25) is 9.69 Å². The number of pyridine rings is 1. The lowest BCUT2D eigenvalue weighted by Crippen LogP contribution is -2.44. The first-order valence-corrected chi connectivity index (χ1v) is 9.39. The summed E-state index contributed by atoms with van der Waals surface area (Å²) in [5.41, 5.74) is 2.74. The van der Waals surface area contributed by atoms with Crippen LogP contribution in [0.2, 0.25) is 0 Å². The molecule has 1 saturated heterocycles. The number of nitrogens with one attached hydrogen (secondary N) is 1. The van der Waals surface area contributed by atoms with Gasteiger partial charge in [0.1, 0.15) is 11.5 Å². The quantitative estimate of drug-likeness (QED) is 0.772. The van der Waals surface area contributed by atoms with Crippen LogP contribution in [0.4, 0.5) is 0 Å². The summed E-state index contributed by atoms with van der Waals surface area (Å²) in [5.74, 6) is 1.44. The Labute approximate surface area is 159 Å². The summed E-state index contributed by atoms with van der Waals surface area (Å²) in [5, 5.41) is 0.679. The molecule has 1 aromatic heterocycles. The van der Waals surface area contributed by atoms with Crippen LogP contribution < -0.4 is 10.2 Å². The van der Waals surface area contributed by atoms with Crippen molar-refractivity contribution < 1.29 is 4.74 Å². The number of aromatic amines is 1. The van der Waals surface area contributed by atoms with E-state index in [1.165, 1.54) is 0 Å². The summed E-state index contributed by atoms with van der Waals surface area (Å²) < 4.78 is 5.90. The predicted molar refractivity (Wildman–Crippen MR) is 109 cm³/mol. The first kappa shape index (κ1) is 17.8. The van der Waals surface area contributed by atoms with E-state index < -0.39 is 0 Å². The maximum Gasteiger partial charge on any atom is 0.194 e. The second kappa shape index (κ2) is 7.55. The van der Waals surface area contributed by atoms with Crippen molar-refractivity contribution in [2.75, 3.05) is 33.2 Å². The molecule has 0 saturated carbocycles. The molecule has 0 unspecified atom stereocenters. The highest BCUT2D eigenvalue weighted by atomic mass is 16.5. The van der Waals surface area contributed by atoms with Gasteiger partial charge in [0.15, 0.2) is 5.43 Å². The Morgan fingerprint density at radius 2 is 1.74 bits per heavy atom. The molecule has 0 radical (unpaired) electrons. The Hall–Kier alpha value is -2.63. The highest BCUT2D eigenvalue weighted by Gasteiger charge is 2.18. The average Bonchev–Trinajstić information content (AvgIpc) is 2.68. The second-order valence-electron chi connectivity index (χ2n) is 7.26. The number of ether oxygens (including phenoxy) is 1. The third kappa shape index (κ3) is 3.89. The van der Waals surface area contributed by atoms with Crippen LogP contribution >= 0.6 is 0 Å². The van der Waals surface area contributed by atoms with Crippen LogP contribution in [0.3, 0.4) is 0 Å². The van der Waals surface area contributed by atoms with Crippen LogP contribution in [0.25, 0.3) is 10.9 Å². The Kier molecular flexibility index (Phi) is 4.97. The van der Waals surface area contributed by atoms with Gasteiger partial charge in [0, 0.05) is 54.9 Å². The van der Waals surface area contributed by atoms with Gasteiger partial charge in [-0.2, -0.15) is 0 Å². The van der Waals surface area contributed by atoms with Crippen LogP contribution in [-0.2, 0) is 6.54 Å². The van der Waals surface area contributed by atoms with Crippen LogP contribution in [0.1, 0.15) is 11.3 Å². The fourth-order valence-electron chi connectivity index (χ4n) is 3.54. The Bertz CT molecular complexity index is 990. The number of hydrogen-bond donors (Lipinski definition) is 1. The van der Waals surface area contributed by atoms with Crippen LogP contribution in [-0.4, -0.2) is 48.0 Å². The van der Waals surface area contributed by atoms with E-state index in [-0.39, 0.29) is 5.43 Å². The summed E-state index contributed by atoms with van der Waals surface area (Å²) in [4.78, 5) is 21.3. The number of likely N-dealkylation sites (N-methyl/N-ethyl adjacent to an activating group) is 1. The van der Waals surface area contributed by atoms with Crippen molar-refractivity contribution in [1.82, 2.24) is 14.8 Å². The number of aromatic nitrogens is 1. The minimum atomic E-state index is 0.0960. The second-order valence-corrected chi connectivity index (χ2v) is 7.26. The lowest BCUT2D eigenvalue weighted by atomic mass is 10.1. The minimum absolute atomic E-state index is 0.0960. The number of fused-ring (bicyclic) bond motifs is 1. The fourth-order valence-corrected chi connectivity index (χ4v) is 3.54. The molecule has 1 aliphatic rings. The Balaban J connectivity index is 1.65. The molecular formula is C22H25N3O2. The zero-order valence-electron chi connectivity index (χ0n) is 15.9. The van der Waals surface area contributed by atoms with Crippen molar-refractivity contribution >= 4 is 10.9 Å². The minimum Gasteiger partial charge on any atom is -0.457 e. The van der Waals surface area contributed by atoms with E-state index in [2.05, 4.69) is 21.8 Å². The molecule has 0 aliphatic carbocycles. The van der Waals surface area contributed by atoms with Gasteiger partial charge in [-0.05, 0) is 44.3 Å². The summed E-state index contributed by atoms with van der Waals surface area (Å²) >= 11 is 0. The number of benzene rings is 2. The molecule has 4 rings (SSSR count). The smallest absolute Gasteiger partial charge is 0.194 e. The molecule has 5 nitrogen and oxygen atoms in total. The molecule has 0 bridgehead atoms. The molecule has 5 heteroatoms. The molecule has 140 valence electrons. The molecule has 0 amide bonds. The zero-order valence-corrected chi connectivity index (χ0v) is 15.9. The molecule has 0 atom stereocenters. The van der Waals surface area contributed by atoms with E-state index >= 15 is 0 Å². The van der Waals surface area contributed by atoms with Gasteiger partial charge < -0.3 is 14.6 Å². The Morgan fingerprint density at radius 3 is 2.48 bits per heavy atom. The van der Waals surface area contributed by atoms with Gasteiger partial charge >= 0.3 is 0 Å². The molecule has 3 aromatic rings.